The van der Waals surface area contributed by atoms with E-state index >= 15 is 0 Å². The van der Waals surface area contributed by atoms with Crippen molar-refractivity contribution in [3.63, 3.8) is 0 Å². The zero-order valence-corrected chi connectivity index (χ0v) is 13.1. The number of carbonyl (C=O) groups excluding carboxylic acids is 1. The van der Waals surface area contributed by atoms with Gasteiger partial charge in [-0.2, -0.15) is 0 Å². The molecule has 1 aliphatic heterocycles. The van der Waals surface area contributed by atoms with Crippen LogP contribution in [0.2, 0.25) is 0 Å². The van der Waals surface area contributed by atoms with Crippen LogP contribution in [0.25, 0.3) is 0 Å². The highest BCUT2D eigenvalue weighted by Crippen LogP contribution is 2.22. The third-order valence-electron chi connectivity index (χ3n) is 3.72. The maximum Gasteiger partial charge on any atom is 0.238 e. The van der Waals surface area contributed by atoms with Crippen LogP contribution in [-0.2, 0) is 14.6 Å². The SMILES string of the molecule is Cc1cccc(N)c1NC(=O)CN1CCS(=O)(=O)CC1C. The number of nitrogens with one attached hydrogen (secondary N) is 1. The fraction of sp³-hybridized carbons (Fsp3) is 0.500. The van der Waals surface area contributed by atoms with Crippen molar-refractivity contribution in [2.75, 3.05) is 35.6 Å². The van der Waals surface area contributed by atoms with Gasteiger partial charge in [-0.25, -0.2) is 8.42 Å². The molecule has 1 heterocycles. The lowest BCUT2D eigenvalue weighted by Gasteiger charge is -2.32. The second-order valence-electron chi connectivity index (χ2n) is 5.52. The fourth-order valence-electron chi connectivity index (χ4n) is 2.49. The monoisotopic (exact) mass is 311 g/mol. The Morgan fingerprint density at radius 3 is 2.81 bits per heavy atom. The smallest absolute Gasteiger partial charge is 0.238 e. The maximum atomic E-state index is 12.1. The van der Waals surface area contributed by atoms with Gasteiger partial charge in [0, 0.05) is 12.6 Å². The average Bonchev–Trinajstić information content (AvgIpc) is 2.37. The summed E-state index contributed by atoms with van der Waals surface area (Å²) in [5, 5.41) is 2.81. The summed E-state index contributed by atoms with van der Waals surface area (Å²) in [5.41, 5.74) is 7.91. The normalized spacial score (nSPS) is 21.9. The van der Waals surface area contributed by atoms with Gasteiger partial charge in [0.2, 0.25) is 5.91 Å². The van der Waals surface area contributed by atoms with Crippen LogP contribution in [0.5, 0.6) is 0 Å². The molecule has 1 aliphatic rings. The average molecular weight is 311 g/mol. The molecule has 0 saturated carbocycles. The summed E-state index contributed by atoms with van der Waals surface area (Å²) < 4.78 is 23.1. The van der Waals surface area contributed by atoms with Gasteiger partial charge in [0.25, 0.3) is 0 Å². The highest BCUT2D eigenvalue weighted by atomic mass is 32.2. The van der Waals surface area contributed by atoms with Crippen molar-refractivity contribution in [1.29, 1.82) is 0 Å². The molecule has 0 aliphatic carbocycles. The second kappa shape index (κ2) is 6.03. The minimum absolute atomic E-state index is 0.104. The number of benzene rings is 1. The standard InChI is InChI=1S/C14H21N3O3S/c1-10-4-3-5-12(15)14(10)16-13(18)8-17-6-7-21(19,20)9-11(17)2/h3-5,11H,6-9,15H2,1-2H3,(H,16,18). The topological polar surface area (TPSA) is 92.5 Å². The van der Waals surface area contributed by atoms with E-state index in [1.807, 2.05) is 30.9 Å². The lowest BCUT2D eigenvalue weighted by Crippen LogP contribution is -2.49. The van der Waals surface area contributed by atoms with E-state index in [4.69, 9.17) is 5.73 Å². The zero-order valence-electron chi connectivity index (χ0n) is 12.3. The van der Waals surface area contributed by atoms with E-state index in [0.717, 1.165) is 5.56 Å². The minimum Gasteiger partial charge on any atom is -0.397 e. The molecule has 1 aromatic rings. The maximum absolute atomic E-state index is 12.1. The van der Waals surface area contributed by atoms with Gasteiger partial charge in [-0.3, -0.25) is 9.69 Å². The number of nitrogens with zero attached hydrogens (tertiary/aromatic N) is 1. The van der Waals surface area contributed by atoms with Crippen molar-refractivity contribution in [2.45, 2.75) is 19.9 Å². The van der Waals surface area contributed by atoms with E-state index in [1.54, 1.807) is 6.07 Å². The number of nitrogen functional groups attached to an aromatic ring is 1. The van der Waals surface area contributed by atoms with Crippen LogP contribution in [0, 0.1) is 6.92 Å². The molecule has 0 radical (unpaired) electrons. The third kappa shape index (κ3) is 3.95. The summed E-state index contributed by atoms with van der Waals surface area (Å²) in [6.07, 6.45) is 0. The number of para-hydroxylation sites is 1. The third-order valence-corrected chi connectivity index (χ3v) is 5.52. The Kier molecular flexibility index (Phi) is 4.53. The Bertz CT molecular complexity index is 623. The summed E-state index contributed by atoms with van der Waals surface area (Å²) in [5.74, 6) is 0.0336. The molecule has 1 unspecified atom stereocenters. The van der Waals surface area contributed by atoms with Crippen molar-refractivity contribution in [3.8, 4) is 0 Å². The molecule has 1 amide bonds. The Morgan fingerprint density at radius 1 is 1.48 bits per heavy atom. The van der Waals surface area contributed by atoms with Crippen molar-refractivity contribution in [1.82, 2.24) is 4.90 Å². The van der Waals surface area contributed by atoms with E-state index in [0.29, 0.717) is 17.9 Å². The largest absolute Gasteiger partial charge is 0.397 e. The van der Waals surface area contributed by atoms with E-state index in [1.165, 1.54) is 0 Å². The molecule has 6 nitrogen and oxygen atoms in total. The summed E-state index contributed by atoms with van der Waals surface area (Å²) in [6, 6.07) is 5.29. The summed E-state index contributed by atoms with van der Waals surface area (Å²) in [7, 11) is -2.97. The number of anilines is 2. The van der Waals surface area contributed by atoms with Crippen LogP contribution >= 0.6 is 0 Å². The van der Waals surface area contributed by atoms with Crippen LogP contribution in [0.4, 0.5) is 11.4 Å². The molecule has 21 heavy (non-hydrogen) atoms. The summed E-state index contributed by atoms with van der Waals surface area (Å²) >= 11 is 0. The first kappa shape index (κ1) is 15.8. The van der Waals surface area contributed by atoms with E-state index in [9.17, 15) is 13.2 Å². The molecule has 0 aromatic heterocycles. The van der Waals surface area contributed by atoms with Crippen LogP contribution < -0.4 is 11.1 Å². The molecule has 3 N–H and O–H groups in total. The van der Waals surface area contributed by atoms with Crippen molar-refractivity contribution in [3.05, 3.63) is 23.8 Å². The number of carbonyl (C=O) groups is 1. The van der Waals surface area contributed by atoms with Crippen molar-refractivity contribution < 1.29 is 13.2 Å². The van der Waals surface area contributed by atoms with E-state index in [-0.39, 0.29) is 30.0 Å². The number of hydrogen-bond donors (Lipinski definition) is 2. The second-order valence-corrected chi connectivity index (χ2v) is 7.75. The number of rotatable bonds is 3. The Morgan fingerprint density at radius 2 is 2.19 bits per heavy atom. The number of aryl methyl sites for hydroxylation is 1. The molecule has 1 saturated heterocycles. The quantitative estimate of drug-likeness (QED) is 0.799. The highest BCUT2D eigenvalue weighted by Gasteiger charge is 2.29. The van der Waals surface area contributed by atoms with Gasteiger partial charge in [0.05, 0.1) is 29.4 Å². The van der Waals surface area contributed by atoms with Gasteiger partial charge in [-0.1, -0.05) is 12.1 Å². The number of sulfone groups is 1. The zero-order chi connectivity index (χ0) is 15.6. The summed E-state index contributed by atoms with van der Waals surface area (Å²) in [6.45, 7) is 4.26. The molecular weight excluding hydrogens is 290 g/mol. The van der Waals surface area contributed by atoms with Gasteiger partial charge >= 0.3 is 0 Å². The first-order valence-electron chi connectivity index (χ1n) is 6.88. The Balaban J connectivity index is 2.00. The Hall–Kier alpha value is -1.60. The van der Waals surface area contributed by atoms with Crippen LogP contribution in [0.15, 0.2) is 18.2 Å². The van der Waals surface area contributed by atoms with Crippen LogP contribution in [0.3, 0.4) is 0 Å². The van der Waals surface area contributed by atoms with Crippen LogP contribution in [0.1, 0.15) is 12.5 Å². The molecule has 7 heteroatoms. The Labute approximate surface area is 125 Å². The van der Waals surface area contributed by atoms with Gasteiger partial charge in [-0.05, 0) is 25.5 Å². The molecule has 2 rings (SSSR count). The van der Waals surface area contributed by atoms with Crippen molar-refractivity contribution in [2.24, 2.45) is 0 Å². The minimum atomic E-state index is -2.97. The lowest BCUT2D eigenvalue weighted by atomic mass is 10.1. The predicted molar refractivity (Wildman–Crippen MR) is 83.9 cm³/mol. The van der Waals surface area contributed by atoms with Gasteiger partial charge in [0.15, 0.2) is 9.84 Å². The lowest BCUT2D eigenvalue weighted by molar-refractivity contribution is -0.117. The molecule has 1 fully saturated rings. The predicted octanol–water partition coefficient (Wildman–Crippen LogP) is 0.635. The molecule has 1 aromatic carbocycles. The van der Waals surface area contributed by atoms with Crippen molar-refractivity contribution >= 4 is 27.1 Å². The first-order valence-corrected chi connectivity index (χ1v) is 8.70. The number of amides is 1. The van der Waals surface area contributed by atoms with E-state index < -0.39 is 9.84 Å². The first-order chi connectivity index (χ1) is 9.78. The fourth-order valence-corrected chi connectivity index (χ4v) is 4.12. The van der Waals surface area contributed by atoms with Crippen LogP contribution in [-0.4, -0.2) is 49.9 Å². The van der Waals surface area contributed by atoms with Gasteiger partial charge in [-0.15, -0.1) is 0 Å². The van der Waals surface area contributed by atoms with Gasteiger partial charge in [0.1, 0.15) is 0 Å². The molecule has 116 valence electrons. The summed E-state index contributed by atoms with van der Waals surface area (Å²) in [4.78, 5) is 14.0. The molecule has 0 spiro atoms. The number of nitrogens with two attached hydrogens (primary N) is 1. The van der Waals surface area contributed by atoms with E-state index in [2.05, 4.69) is 5.32 Å². The molecule has 1 atom stereocenters. The number of hydrogen-bond acceptors (Lipinski definition) is 5. The molecule has 0 bridgehead atoms. The van der Waals surface area contributed by atoms with Gasteiger partial charge < -0.3 is 11.1 Å². The molecular formula is C14H21N3O3S. The highest BCUT2D eigenvalue weighted by molar-refractivity contribution is 7.91.